The van der Waals surface area contributed by atoms with E-state index < -0.39 is 12.1 Å². The summed E-state index contributed by atoms with van der Waals surface area (Å²) in [7, 11) is 1.62. The quantitative estimate of drug-likeness (QED) is 0.0762. The molecule has 5 rings (SSSR count). The van der Waals surface area contributed by atoms with Crippen LogP contribution in [0, 0.1) is 20.8 Å². The number of aromatic nitrogens is 3. The number of unbranched alkanes of at least 4 members (excludes halogenated alkanes) is 1. The third-order valence-electron chi connectivity index (χ3n) is 7.59. The number of carbonyl (C=O) groups excluding carboxylic acids is 3. The maximum atomic E-state index is 12.9. The zero-order valence-electron chi connectivity index (χ0n) is 30.0. The van der Waals surface area contributed by atoms with Gasteiger partial charge in [-0.3, -0.25) is 9.59 Å². The number of esters is 1. The molecule has 0 aliphatic heterocycles. The summed E-state index contributed by atoms with van der Waals surface area (Å²) in [6.45, 7) is 13.4. The van der Waals surface area contributed by atoms with Crippen molar-refractivity contribution in [2.45, 2.75) is 73.8 Å². The summed E-state index contributed by atoms with van der Waals surface area (Å²) in [5, 5.41) is 23.4. The van der Waals surface area contributed by atoms with Crippen LogP contribution in [0.25, 0.3) is 11.0 Å². The Hall–Kier alpha value is -5.71. The Morgan fingerprint density at radius 2 is 1.56 bits per heavy atom. The van der Waals surface area contributed by atoms with Crippen molar-refractivity contribution in [2.75, 3.05) is 17.3 Å². The minimum Gasteiger partial charge on any atom is -0.506 e. The molecule has 0 radical (unpaired) electrons. The van der Waals surface area contributed by atoms with Crippen LogP contribution in [-0.4, -0.2) is 51.5 Å². The molecule has 0 fully saturated rings. The zero-order valence-corrected chi connectivity index (χ0v) is 30.0. The molecule has 0 spiro atoms. The SMILES string of the molecule is CC.CCCCC(Oc1ccc(C)cc1C)C(=O)Nc1ccc(N(C)C(C)=O)cc1O.Cc1ccc(OC(=O)c2ccc3n[nH]nc3c2)cc1. The first kappa shape index (κ1) is 38.7. The minimum atomic E-state index is -0.671. The first-order valence-electron chi connectivity index (χ1n) is 16.7. The number of nitrogens with one attached hydrogen (secondary N) is 2. The first-order valence-corrected chi connectivity index (χ1v) is 16.7. The number of phenolic OH excluding ortho intramolecular Hbond substituents is 1. The molecular weight excluding hydrogens is 634 g/mol. The van der Waals surface area contributed by atoms with Crippen molar-refractivity contribution in [3.8, 4) is 17.2 Å². The monoisotopic (exact) mass is 681 g/mol. The maximum absolute atomic E-state index is 12.9. The van der Waals surface area contributed by atoms with Crippen molar-refractivity contribution in [1.82, 2.24) is 15.4 Å². The lowest BCUT2D eigenvalue weighted by Gasteiger charge is -2.21. The zero-order chi connectivity index (χ0) is 36.8. The van der Waals surface area contributed by atoms with Crippen LogP contribution in [0.1, 0.15) is 74.0 Å². The third kappa shape index (κ3) is 10.9. The second-order valence-electron chi connectivity index (χ2n) is 11.5. The number of ether oxygens (including phenoxy) is 2. The van der Waals surface area contributed by atoms with Crippen LogP contribution in [0.15, 0.2) is 78.9 Å². The Bertz CT molecular complexity index is 1890. The molecule has 0 bridgehead atoms. The standard InChI is InChI=1S/C23H30N2O4.C14H11N3O2.C2H6/c1-6-7-8-22(29-21-12-9-15(2)13-16(21)3)23(28)24-19-11-10-18(14-20(19)27)25(5)17(4)26;1-9-2-5-11(6-3-9)19-14(18)10-4-7-12-13(8-10)16-17-15-12;1-2/h9-14,22,27H,6-8H2,1-5H3,(H,24,28);2-8H,1H3,(H,15,16,17);1-2H3. The van der Waals surface area contributed by atoms with E-state index in [4.69, 9.17) is 9.47 Å². The summed E-state index contributed by atoms with van der Waals surface area (Å²) in [5.74, 6) is 0.216. The number of rotatable bonds is 10. The molecule has 4 aromatic carbocycles. The number of hydrogen-bond donors (Lipinski definition) is 3. The number of aryl methyl sites for hydroxylation is 3. The average Bonchev–Trinajstić information content (AvgIpc) is 3.58. The summed E-state index contributed by atoms with van der Waals surface area (Å²) in [5.41, 5.74) is 5.84. The average molecular weight is 682 g/mol. The Labute approximate surface area is 293 Å². The molecule has 0 aliphatic carbocycles. The highest BCUT2D eigenvalue weighted by atomic mass is 16.5. The fourth-order valence-corrected chi connectivity index (χ4v) is 4.69. The molecule has 3 N–H and O–H groups in total. The Kier molecular flexibility index (Phi) is 14.5. The van der Waals surface area contributed by atoms with E-state index in [0.717, 1.165) is 29.5 Å². The Morgan fingerprint density at radius 3 is 2.20 bits per heavy atom. The van der Waals surface area contributed by atoms with Gasteiger partial charge in [0.2, 0.25) is 5.91 Å². The normalized spacial score (nSPS) is 10.9. The van der Waals surface area contributed by atoms with Crippen molar-refractivity contribution in [3.63, 3.8) is 0 Å². The maximum Gasteiger partial charge on any atom is 0.343 e. The van der Waals surface area contributed by atoms with Gasteiger partial charge in [0.1, 0.15) is 28.3 Å². The molecule has 1 heterocycles. The highest BCUT2D eigenvalue weighted by molar-refractivity contribution is 5.97. The van der Waals surface area contributed by atoms with Crippen molar-refractivity contribution < 1.29 is 29.0 Å². The fourth-order valence-electron chi connectivity index (χ4n) is 4.69. The van der Waals surface area contributed by atoms with Crippen molar-refractivity contribution in [1.29, 1.82) is 0 Å². The third-order valence-corrected chi connectivity index (χ3v) is 7.59. The highest BCUT2D eigenvalue weighted by Gasteiger charge is 2.22. The number of benzene rings is 4. The highest BCUT2D eigenvalue weighted by Crippen LogP contribution is 2.29. The second-order valence-corrected chi connectivity index (χ2v) is 11.5. The van der Waals surface area contributed by atoms with Crippen molar-refractivity contribution in [2.24, 2.45) is 0 Å². The van der Waals surface area contributed by atoms with Crippen LogP contribution in [0.2, 0.25) is 0 Å². The number of fused-ring (bicyclic) bond motifs is 1. The van der Waals surface area contributed by atoms with Gasteiger partial charge in [-0.2, -0.15) is 15.4 Å². The largest absolute Gasteiger partial charge is 0.506 e. The number of anilines is 2. The number of carbonyl (C=O) groups is 3. The van der Waals surface area contributed by atoms with Gasteiger partial charge in [-0.05, 0) is 87.7 Å². The molecule has 0 saturated carbocycles. The van der Waals surface area contributed by atoms with E-state index in [-0.39, 0.29) is 23.3 Å². The van der Waals surface area contributed by atoms with Gasteiger partial charge in [-0.25, -0.2) is 4.79 Å². The van der Waals surface area contributed by atoms with Crippen molar-refractivity contribution in [3.05, 3.63) is 101 Å². The Morgan fingerprint density at radius 1 is 0.880 bits per heavy atom. The fraction of sp³-hybridized carbons (Fsp3) is 0.308. The molecular formula is C39H47N5O6. The van der Waals surface area contributed by atoms with E-state index in [2.05, 4.69) is 27.7 Å². The first-order chi connectivity index (χ1) is 23.9. The van der Waals surface area contributed by atoms with Crippen LogP contribution < -0.4 is 19.7 Å². The van der Waals surface area contributed by atoms with Gasteiger partial charge >= 0.3 is 5.97 Å². The van der Waals surface area contributed by atoms with E-state index in [1.165, 1.54) is 17.9 Å². The number of aromatic amines is 1. The molecule has 1 atom stereocenters. The van der Waals surface area contributed by atoms with Gasteiger partial charge < -0.3 is 24.8 Å². The lowest BCUT2D eigenvalue weighted by Crippen LogP contribution is -2.33. The predicted molar refractivity (Wildman–Crippen MR) is 197 cm³/mol. The summed E-state index contributed by atoms with van der Waals surface area (Å²) in [6.07, 6.45) is 1.69. The van der Waals surface area contributed by atoms with Crippen LogP contribution in [0.4, 0.5) is 11.4 Å². The second kappa shape index (κ2) is 18.7. The summed E-state index contributed by atoms with van der Waals surface area (Å²) >= 11 is 0. The van der Waals surface area contributed by atoms with Crippen LogP contribution >= 0.6 is 0 Å². The number of aromatic hydroxyl groups is 1. The molecule has 0 saturated heterocycles. The van der Waals surface area contributed by atoms with Gasteiger partial charge in [0, 0.05) is 25.7 Å². The molecule has 1 aromatic heterocycles. The summed E-state index contributed by atoms with van der Waals surface area (Å²) in [6, 6.07) is 22.9. The molecule has 5 aromatic rings. The van der Waals surface area contributed by atoms with E-state index in [9.17, 15) is 19.5 Å². The van der Waals surface area contributed by atoms with E-state index in [1.54, 1.807) is 49.5 Å². The smallest absolute Gasteiger partial charge is 0.343 e. The molecule has 0 aliphatic rings. The molecule has 50 heavy (non-hydrogen) atoms. The van der Waals surface area contributed by atoms with Crippen molar-refractivity contribution >= 4 is 40.2 Å². The summed E-state index contributed by atoms with van der Waals surface area (Å²) < 4.78 is 11.3. The molecule has 264 valence electrons. The van der Waals surface area contributed by atoms with Crippen LogP contribution in [-0.2, 0) is 9.59 Å². The minimum absolute atomic E-state index is 0.107. The Balaban J connectivity index is 0.000000276. The number of hydrogen-bond acceptors (Lipinski definition) is 8. The van der Waals surface area contributed by atoms with Gasteiger partial charge in [-0.15, -0.1) is 0 Å². The lowest BCUT2D eigenvalue weighted by molar-refractivity contribution is -0.123. The van der Waals surface area contributed by atoms with E-state index in [1.807, 2.05) is 65.0 Å². The van der Waals surface area contributed by atoms with Crippen LogP contribution in [0.5, 0.6) is 17.2 Å². The lowest BCUT2D eigenvalue weighted by atomic mass is 10.1. The number of amides is 2. The van der Waals surface area contributed by atoms with Gasteiger partial charge in [0.15, 0.2) is 6.10 Å². The topological polar surface area (TPSA) is 147 Å². The molecule has 11 heteroatoms. The van der Waals surface area contributed by atoms with Crippen LogP contribution in [0.3, 0.4) is 0 Å². The predicted octanol–water partition coefficient (Wildman–Crippen LogP) is 8.08. The van der Waals surface area contributed by atoms with Gasteiger partial charge in [0.05, 0.1) is 11.3 Å². The molecule has 11 nitrogen and oxygen atoms in total. The van der Waals surface area contributed by atoms with E-state index >= 15 is 0 Å². The molecule has 2 amide bonds. The number of phenols is 1. The van der Waals surface area contributed by atoms with Gasteiger partial charge in [-0.1, -0.05) is 62.6 Å². The number of H-pyrrole nitrogens is 1. The number of nitrogens with zero attached hydrogens (tertiary/aromatic N) is 3. The van der Waals surface area contributed by atoms with Gasteiger partial charge in [0.25, 0.3) is 5.91 Å². The summed E-state index contributed by atoms with van der Waals surface area (Å²) in [4.78, 5) is 37.8. The molecule has 1 unspecified atom stereocenters. The van der Waals surface area contributed by atoms with E-state index in [0.29, 0.717) is 40.2 Å².